The van der Waals surface area contributed by atoms with Crippen molar-refractivity contribution in [2.45, 2.75) is 226 Å². The van der Waals surface area contributed by atoms with Crippen LogP contribution in [0, 0.1) is 21.6 Å². The summed E-state index contributed by atoms with van der Waals surface area (Å²) in [6.45, 7) is -0.389. The molecule has 41 N–H and O–H groups in total. The second-order valence-electron chi connectivity index (χ2n) is 33.6. The zero-order chi connectivity index (χ0) is 104. The number of carbonyl (C=O) groups is 17. The van der Waals surface area contributed by atoms with Gasteiger partial charge < -0.3 is 162 Å². The van der Waals surface area contributed by atoms with E-state index in [0.29, 0.717) is 27.3 Å². The summed E-state index contributed by atoms with van der Waals surface area (Å²) in [5.41, 5.74) is 46.7. The normalized spacial score (nSPS) is 20.3. The Bertz CT molecular complexity index is 5010. The lowest BCUT2D eigenvalue weighted by Crippen LogP contribution is -2.61. The molecule has 0 bridgehead atoms. The Morgan fingerprint density at radius 2 is 0.858 bits per heavy atom. The third-order valence-electron chi connectivity index (χ3n) is 22.5. The third-order valence-corrected chi connectivity index (χ3v) is 24.9. The van der Waals surface area contributed by atoms with Crippen LogP contribution in [-0.4, -0.2) is 292 Å². The van der Waals surface area contributed by atoms with Crippen LogP contribution in [0.1, 0.15) is 139 Å². The first kappa shape index (κ1) is 115. The molecule has 53 heteroatoms. The van der Waals surface area contributed by atoms with E-state index in [-0.39, 0.29) is 165 Å². The first-order chi connectivity index (χ1) is 67.1. The summed E-state index contributed by atoms with van der Waals surface area (Å²) in [7, 11) is 1.43. The number of nitrogens with one attached hydrogen (secondary N) is 21. The summed E-state index contributed by atoms with van der Waals surface area (Å²) in [5.74, 6) is -21.8. The number of hydrogen-bond acceptors (Lipinski definition) is 27. The van der Waals surface area contributed by atoms with Gasteiger partial charge in [-0.25, -0.2) is 4.79 Å². The number of phenolic OH excluding ortho intramolecular Hbond substituents is 2. The Hall–Kier alpha value is -14.8. The van der Waals surface area contributed by atoms with Crippen LogP contribution in [0.4, 0.5) is 4.79 Å². The van der Waals surface area contributed by atoms with Gasteiger partial charge in [0.2, 0.25) is 82.7 Å². The van der Waals surface area contributed by atoms with Crippen LogP contribution in [0.2, 0.25) is 0 Å². The molecule has 2 aliphatic rings. The van der Waals surface area contributed by atoms with E-state index in [1.807, 2.05) is 0 Å². The van der Waals surface area contributed by atoms with Crippen LogP contribution >= 0.6 is 21.6 Å². The molecule has 0 unspecified atom stereocenters. The molecule has 4 aromatic carbocycles. The molecule has 0 saturated carbocycles. The van der Waals surface area contributed by atoms with E-state index in [1.54, 1.807) is 42.5 Å². The van der Waals surface area contributed by atoms with Gasteiger partial charge in [0, 0.05) is 82.9 Å². The minimum Gasteiger partial charge on any atom is -0.508 e. The molecule has 0 aromatic heterocycles. The van der Waals surface area contributed by atoms with Crippen LogP contribution < -0.4 is 136 Å². The largest absolute Gasteiger partial charge is 0.508 e. The molecule has 4 aromatic rings. The number of unbranched alkanes of at least 4 members (excludes halogenated alkanes) is 1. The highest BCUT2D eigenvalue weighted by atomic mass is 33.1. The highest BCUT2D eigenvalue weighted by Gasteiger charge is 2.43. The van der Waals surface area contributed by atoms with Crippen molar-refractivity contribution >= 4 is 157 Å². The Labute approximate surface area is 819 Å². The first-order valence-electron chi connectivity index (χ1n) is 45.8. The topological polar surface area (TPSA) is 882 Å². The third kappa shape index (κ3) is 42.2. The molecule has 2 heterocycles. The zero-order valence-corrected chi connectivity index (χ0v) is 79.4. The van der Waals surface area contributed by atoms with E-state index in [0.717, 1.165) is 21.1 Å². The lowest BCUT2D eigenvalue weighted by Gasteiger charge is -2.31. The minimum atomic E-state index is -1.95. The van der Waals surface area contributed by atoms with Crippen molar-refractivity contribution in [2.24, 2.45) is 45.9 Å². The van der Waals surface area contributed by atoms with Crippen molar-refractivity contribution < 1.29 is 102 Å². The Balaban J connectivity index is 1.61. The molecule has 14 atom stereocenters. The highest BCUT2D eigenvalue weighted by Crippen LogP contribution is 2.27. The van der Waals surface area contributed by atoms with E-state index >= 15 is 57.5 Å². The molecule has 51 nitrogen and oxygen atoms in total. The first-order valence-corrected chi connectivity index (χ1v) is 48.3. The molecule has 0 radical (unpaired) electrons. The molecule has 2 saturated heterocycles. The second-order valence-corrected chi connectivity index (χ2v) is 36.2. The lowest BCUT2D eigenvalue weighted by atomic mass is 10.00. The minimum absolute atomic E-state index is 0.00338. The van der Waals surface area contributed by atoms with Gasteiger partial charge in [-0.3, -0.25) is 98.3 Å². The van der Waals surface area contributed by atoms with Crippen LogP contribution in [-0.2, 0) is 96.0 Å². The highest BCUT2D eigenvalue weighted by molar-refractivity contribution is 8.76. The number of aliphatic carboxylic acids is 2. The maximum absolute atomic E-state index is 15.9. The summed E-state index contributed by atoms with van der Waals surface area (Å²) < 4.78 is 0. The zero-order valence-electron chi connectivity index (χ0n) is 77.8. The van der Waals surface area contributed by atoms with Gasteiger partial charge in [-0.15, -0.1) is 0 Å². The molecular weight excluding hydrogens is 1880 g/mol. The van der Waals surface area contributed by atoms with Gasteiger partial charge >= 0.3 is 18.0 Å². The smallest absolute Gasteiger partial charge is 0.312 e. The van der Waals surface area contributed by atoms with Crippen molar-refractivity contribution in [3.8, 4) is 11.5 Å². The summed E-state index contributed by atoms with van der Waals surface area (Å²) in [6, 6.07) is -2.22. The average Bonchev–Trinajstić information content (AvgIpc) is 1.72. The van der Waals surface area contributed by atoms with E-state index in [4.69, 9.17) is 67.5 Å². The van der Waals surface area contributed by atoms with Crippen LogP contribution in [0.25, 0.3) is 10.8 Å². The summed E-state index contributed by atoms with van der Waals surface area (Å²) in [6.07, 6.45) is -5.41. The molecule has 16 amide bonds. The number of carboxylic acids is 2. The number of hydrogen-bond donors (Lipinski definition) is 33. The summed E-state index contributed by atoms with van der Waals surface area (Å²) in [5, 5.41) is 117. The summed E-state index contributed by atoms with van der Waals surface area (Å²) in [4.78, 5) is 249. The van der Waals surface area contributed by atoms with Gasteiger partial charge in [-0.05, 0) is 167 Å². The molecule has 0 aliphatic carbocycles. The van der Waals surface area contributed by atoms with Crippen molar-refractivity contribution in [1.29, 1.82) is 21.6 Å². The number of phenols is 2. The van der Waals surface area contributed by atoms with Crippen LogP contribution in [0.3, 0.4) is 0 Å². The number of amides is 16. The van der Waals surface area contributed by atoms with Gasteiger partial charge in [0.15, 0.2) is 23.8 Å². The van der Waals surface area contributed by atoms with Gasteiger partial charge in [0.25, 0.3) is 0 Å². The summed E-state index contributed by atoms with van der Waals surface area (Å²) >= 11 is 0. The van der Waals surface area contributed by atoms with E-state index < -0.39 is 260 Å². The lowest BCUT2D eigenvalue weighted by molar-refractivity contribution is -0.143. The molecule has 6 rings (SSSR count). The number of rotatable bonds is 45. The van der Waals surface area contributed by atoms with E-state index in [9.17, 15) is 44.4 Å². The molecule has 0 spiro atoms. The monoisotopic (exact) mass is 2010 g/mol. The molecule has 141 heavy (non-hydrogen) atoms. The van der Waals surface area contributed by atoms with E-state index in [1.165, 1.54) is 48.5 Å². The maximum atomic E-state index is 15.9. The van der Waals surface area contributed by atoms with Crippen molar-refractivity contribution in [2.75, 3.05) is 57.3 Å². The number of benzene rings is 4. The quantitative estimate of drug-likeness (QED) is 0.00847. The SMILES string of the molecule is N=C(N)NCCC[C@H](NC(=O)[C@@H]1CSSC[C@H](NC(=O)[C@H](Cc2ccc3ccccc3c2)NC(=O)[C@H](CCCNC(=N)N)NC(=O)[C@@H](N)CCCNC(=N)N)C(=O)N[C@@H](Cc2ccc(O)cc2)C(=O)N[C@@H](CCC(=O)O)C(=O)N[C@@H](CCCCN)C(=O)N[C@H](CCC(=O)O)C(=O)N2CCC[C@H]2C(=O)N[C@@H](Cc2ccc(O)cc2)C(=O)N[C@@H](CCCNC(=N)N)C(=O)N[C@@H](CCCNC(N)=O)C(=O)N1)C(N)=O. The number of guanidine groups is 4. The molecule has 2 aliphatic heterocycles. The number of carboxylic acid groups (broad SMARTS) is 2. The number of urea groups is 1. The number of nitrogens with two attached hydrogens (primary N) is 8. The number of aromatic hydroxyl groups is 2. The van der Waals surface area contributed by atoms with E-state index in [2.05, 4.69) is 90.4 Å². The number of primary amides is 2. The van der Waals surface area contributed by atoms with Gasteiger partial charge in [-0.2, -0.15) is 0 Å². The van der Waals surface area contributed by atoms with Crippen LogP contribution in [0.5, 0.6) is 11.5 Å². The predicted molar refractivity (Wildman–Crippen MR) is 521 cm³/mol. The fourth-order valence-corrected chi connectivity index (χ4v) is 17.4. The Kier molecular flexibility index (Phi) is 49.0. The predicted octanol–water partition coefficient (Wildman–Crippen LogP) is -6.34. The number of fused-ring (bicyclic) bond motifs is 2. The van der Waals surface area contributed by atoms with Gasteiger partial charge in [-0.1, -0.05) is 88.3 Å². The number of carbonyl (C=O) groups excluding carboxylic acids is 15. The standard InChI is InChI=1S/C88H132N30O21S2/c89-34-4-3-14-56-73(128)112-61(31-33-69(123)124)83(138)118-40-10-19-67(118)82(137)115-63(43-48-23-28-53(120)29-24-48)78(133)110-58(17-8-38-104-87(98)99)72(127)109-59(18-9-39-105-88(100)139)75(130)116-65(80(135)106-55(70(91)125)15-6-36-102-85(94)95)45-140-141-46-66(81(136)114-62(42-47-21-26-52(119)27-22-47)77(132)111-60(76(131)108-56)30-32-68(121)122)117-79(134)64(44-49-20-25-50-11-1-2-12-51(50)41-49)113-74(129)57(16-7-37-103-86(96)97)107-71(126)54(90)13-5-35-101-84(92)93/h1-2,11-12,20-29,41,54-67,119-120H,3-10,13-19,30-40,42-46,89-90H2,(H2,91,125)(H,106,135)(H,107,126)(H,108,131)(H,109,127)(H,110,133)(H,111,132)(H,112,128)(H,113,129)(H,114,136)(H,115,137)(H,116,130)(H,117,134)(H,121,122)(H,123,124)(H4,92,93,101)(H4,94,95,102)(H4,96,97,103)(H4,98,99,104)(H3,100,105,139)/t54-,55-,56-,57-,58-,59-,60-,61+,62-,63-,64-,65-,66-,67-/m0/s1. The fraction of sp³-hybridized carbons (Fsp3) is 0.511. The average molecular weight is 2010 g/mol. The maximum Gasteiger partial charge on any atom is 0.312 e. The van der Waals surface area contributed by atoms with Gasteiger partial charge in [0.05, 0.1) is 6.04 Å². The molecular formula is C88H132N30O21S2. The fourth-order valence-electron chi connectivity index (χ4n) is 15.0. The van der Waals surface area contributed by atoms with Crippen molar-refractivity contribution in [1.82, 2.24) is 95.3 Å². The second kappa shape index (κ2) is 60.2. The van der Waals surface area contributed by atoms with Gasteiger partial charge in [0.1, 0.15) is 90.0 Å². The van der Waals surface area contributed by atoms with Crippen molar-refractivity contribution in [3.05, 3.63) is 108 Å². The van der Waals surface area contributed by atoms with Crippen LogP contribution in [0.15, 0.2) is 91.0 Å². The molecule has 772 valence electrons. The molecule has 2 fully saturated rings. The van der Waals surface area contributed by atoms with Crippen molar-refractivity contribution in [3.63, 3.8) is 0 Å². The number of nitrogens with zero attached hydrogens (tertiary/aromatic N) is 1. The Morgan fingerprint density at radius 3 is 1.36 bits per heavy atom. The Morgan fingerprint density at radius 1 is 0.433 bits per heavy atom.